The van der Waals surface area contributed by atoms with Crippen molar-refractivity contribution in [1.29, 1.82) is 0 Å². The highest BCUT2D eigenvalue weighted by Crippen LogP contribution is 2.48. The molecule has 0 amide bonds. The Labute approximate surface area is 113 Å². The zero-order valence-corrected chi connectivity index (χ0v) is 12.1. The number of hydrogen-bond acceptors (Lipinski definition) is 4. The number of carboxylic acid groups (broad SMARTS) is 1. The van der Waals surface area contributed by atoms with Crippen molar-refractivity contribution < 1.29 is 14.6 Å². The summed E-state index contributed by atoms with van der Waals surface area (Å²) < 4.78 is 5.41. The number of morpholine rings is 1. The van der Waals surface area contributed by atoms with E-state index in [0.717, 1.165) is 44.2 Å². The Kier molecular flexibility index (Phi) is 4.24. The second kappa shape index (κ2) is 5.39. The number of rotatable bonds is 3. The molecule has 0 radical (unpaired) electrons. The molecule has 1 unspecified atom stereocenters. The zero-order chi connectivity index (χ0) is 13.2. The molecule has 5 heteroatoms. The van der Waals surface area contributed by atoms with E-state index in [2.05, 4.69) is 18.7 Å². The molecule has 2 heterocycles. The molecular weight excluding hydrogens is 250 g/mol. The number of ether oxygens (including phenoxy) is 1. The number of thioether (sulfide) groups is 1. The SMILES string of the molecule is CC1(C)CCSCC1(CC(=O)O)N1CCOCC1. The van der Waals surface area contributed by atoms with E-state index in [9.17, 15) is 9.90 Å². The monoisotopic (exact) mass is 273 g/mol. The summed E-state index contributed by atoms with van der Waals surface area (Å²) in [4.78, 5) is 13.7. The quantitative estimate of drug-likeness (QED) is 0.848. The predicted octanol–water partition coefficient (Wildman–Crippen LogP) is 1.70. The number of carboxylic acids is 1. The van der Waals surface area contributed by atoms with Crippen molar-refractivity contribution in [3.63, 3.8) is 0 Å². The minimum absolute atomic E-state index is 0.0496. The molecule has 0 aromatic carbocycles. The van der Waals surface area contributed by atoms with Crippen LogP contribution in [0.1, 0.15) is 26.7 Å². The summed E-state index contributed by atoms with van der Waals surface area (Å²) in [6.45, 7) is 7.62. The molecule has 1 atom stereocenters. The fraction of sp³-hybridized carbons (Fsp3) is 0.923. The lowest BCUT2D eigenvalue weighted by atomic mass is 9.68. The van der Waals surface area contributed by atoms with E-state index in [1.165, 1.54) is 0 Å². The topological polar surface area (TPSA) is 49.8 Å². The van der Waals surface area contributed by atoms with E-state index in [-0.39, 0.29) is 17.4 Å². The molecule has 1 N–H and O–H groups in total. The molecule has 0 saturated carbocycles. The van der Waals surface area contributed by atoms with Gasteiger partial charge in [0.25, 0.3) is 0 Å². The molecule has 2 aliphatic heterocycles. The number of nitrogens with zero attached hydrogens (tertiary/aromatic N) is 1. The first-order valence-electron chi connectivity index (χ1n) is 6.60. The van der Waals surface area contributed by atoms with Gasteiger partial charge in [0.2, 0.25) is 0 Å². The van der Waals surface area contributed by atoms with Gasteiger partial charge in [-0.25, -0.2) is 0 Å². The van der Waals surface area contributed by atoms with Gasteiger partial charge >= 0.3 is 5.97 Å². The Balaban J connectivity index is 2.28. The Morgan fingerprint density at radius 2 is 2.06 bits per heavy atom. The lowest BCUT2D eigenvalue weighted by Crippen LogP contribution is -2.65. The van der Waals surface area contributed by atoms with E-state index >= 15 is 0 Å². The molecule has 104 valence electrons. The van der Waals surface area contributed by atoms with Crippen LogP contribution in [0.15, 0.2) is 0 Å². The van der Waals surface area contributed by atoms with Crippen LogP contribution in [0, 0.1) is 5.41 Å². The van der Waals surface area contributed by atoms with Crippen LogP contribution in [0.25, 0.3) is 0 Å². The molecule has 2 rings (SSSR count). The Hall–Kier alpha value is -0.260. The molecule has 2 aliphatic rings. The third kappa shape index (κ3) is 2.53. The van der Waals surface area contributed by atoms with Gasteiger partial charge in [0.05, 0.1) is 19.6 Å². The second-order valence-corrected chi connectivity index (χ2v) is 6.99. The van der Waals surface area contributed by atoms with Crippen molar-refractivity contribution in [1.82, 2.24) is 4.90 Å². The van der Waals surface area contributed by atoms with Gasteiger partial charge in [0.1, 0.15) is 0 Å². The third-order valence-corrected chi connectivity index (χ3v) is 5.71. The molecule has 2 saturated heterocycles. The first kappa shape index (κ1) is 14.2. The molecule has 18 heavy (non-hydrogen) atoms. The van der Waals surface area contributed by atoms with Crippen molar-refractivity contribution in [2.24, 2.45) is 5.41 Å². The maximum Gasteiger partial charge on any atom is 0.305 e. The Morgan fingerprint density at radius 1 is 1.39 bits per heavy atom. The fourth-order valence-electron chi connectivity index (χ4n) is 3.16. The summed E-state index contributed by atoms with van der Waals surface area (Å²) in [5.74, 6) is 1.38. The smallest absolute Gasteiger partial charge is 0.305 e. The predicted molar refractivity (Wildman–Crippen MR) is 73.1 cm³/mol. The zero-order valence-electron chi connectivity index (χ0n) is 11.3. The highest BCUT2D eigenvalue weighted by atomic mass is 32.2. The Morgan fingerprint density at radius 3 is 2.61 bits per heavy atom. The third-order valence-electron chi connectivity index (χ3n) is 4.53. The lowest BCUT2D eigenvalue weighted by molar-refractivity contribution is -0.145. The van der Waals surface area contributed by atoms with Crippen LogP contribution in [0.2, 0.25) is 0 Å². The Bertz CT molecular complexity index is 315. The highest BCUT2D eigenvalue weighted by molar-refractivity contribution is 7.99. The summed E-state index contributed by atoms with van der Waals surface area (Å²) in [6, 6.07) is 0. The van der Waals surface area contributed by atoms with E-state index in [4.69, 9.17) is 4.74 Å². The standard InChI is InChI=1S/C13H23NO3S/c1-12(2)3-8-18-10-13(12,9-11(15)16)14-4-6-17-7-5-14/h3-10H2,1-2H3,(H,15,16). The minimum Gasteiger partial charge on any atom is -0.481 e. The van der Waals surface area contributed by atoms with Gasteiger partial charge in [0.15, 0.2) is 0 Å². The molecule has 4 nitrogen and oxygen atoms in total. The summed E-state index contributed by atoms with van der Waals surface area (Å²) in [5.41, 5.74) is -0.167. The van der Waals surface area contributed by atoms with E-state index in [1.807, 2.05) is 11.8 Å². The lowest BCUT2D eigenvalue weighted by Gasteiger charge is -2.56. The molecule has 0 aliphatic carbocycles. The number of aliphatic carboxylic acids is 1. The van der Waals surface area contributed by atoms with Crippen LogP contribution < -0.4 is 0 Å². The van der Waals surface area contributed by atoms with Gasteiger partial charge < -0.3 is 9.84 Å². The highest BCUT2D eigenvalue weighted by Gasteiger charge is 2.52. The average molecular weight is 273 g/mol. The van der Waals surface area contributed by atoms with E-state index in [1.54, 1.807) is 0 Å². The summed E-state index contributed by atoms with van der Waals surface area (Å²) in [6.07, 6.45) is 1.33. The number of carbonyl (C=O) groups is 1. The van der Waals surface area contributed by atoms with Crippen LogP contribution >= 0.6 is 11.8 Å². The first-order valence-corrected chi connectivity index (χ1v) is 7.76. The maximum atomic E-state index is 11.3. The second-order valence-electron chi connectivity index (χ2n) is 5.89. The van der Waals surface area contributed by atoms with Gasteiger partial charge in [-0.15, -0.1) is 0 Å². The molecular formula is C13H23NO3S. The average Bonchev–Trinajstić information content (AvgIpc) is 2.32. The van der Waals surface area contributed by atoms with Crippen LogP contribution in [-0.4, -0.2) is 59.3 Å². The van der Waals surface area contributed by atoms with Crippen molar-refractivity contribution in [2.45, 2.75) is 32.2 Å². The molecule has 0 spiro atoms. The van der Waals surface area contributed by atoms with Gasteiger partial charge in [-0.05, 0) is 17.6 Å². The van der Waals surface area contributed by atoms with Crippen molar-refractivity contribution >= 4 is 17.7 Å². The van der Waals surface area contributed by atoms with E-state index < -0.39 is 5.97 Å². The van der Waals surface area contributed by atoms with Crippen LogP contribution in [0.3, 0.4) is 0 Å². The van der Waals surface area contributed by atoms with Crippen LogP contribution in [0.4, 0.5) is 0 Å². The van der Waals surface area contributed by atoms with Gasteiger partial charge in [0, 0.05) is 24.4 Å². The van der Waals surface area contributed by atoms with E-state index in [0.29, 0.717) is 0 Å². The normalized spacial score (nSPS) is 33.2. The fourth-order valence-corrected chi connectivity index (χ4v) is 4.97. The molecule has 2 fully saturated rings. The van der Waals surface area contributed by atoms with Crippen LogP contribution in [0.5, 0.6) is 0 Å². The molecule has 0 aromatic rings. The maximum absolute atomic E-state index is 11.3. The van der Waals surface area contributed by atoms with Crippen molar-refractivity contribution in [3.8, 4) is 0 Å². The summed E-state index contributed by atoms with van der Waals surface area (Å²) in [7, 11) is 0. The largest absolute Gasteiger partial charge is 0.481 e. The summed E-state index contributed by atoms with van der Waals surface area (Å²) >= 11 is 1.89. The molecule has 0 bridgehead atoms. The first-order chi connectivity index (χ1) is 8.48. The number of hydrogen-bond donors (Lipinski definition) is 1. The van der Waals surface area contributed by atoms with Crippen LogP contribution in [-0.2, 0) is 9.53 Å². The van der Waals surface area contributed by atoms with Crippen molar-refractivity contribution in [2.75, 3.05) is 37.8 Å². The van der Waals surface area contributed by atoms with Gasteiger partial charge in [-0.2, -0.15) is 11.8 Å². The van der Waals surface area contributed by atoms with Crippen molar-refractivity contribution in [3.05, 3.63) is 0 Å². The van der Waals surface area contributed by atoms with Gasteiger partial charge in [-0.1, -0.05) is 13.8 Å². The molecule has 0 aromatic heterocycles. The summed E-state index contributed by atoms with van der Waals surface area (Å²) in [5, 5.41) is 9.33. The minimum atomic E-state index is -0.683. The van der Waals surface area contributed by atoms with Gasteiger partial charge in [-0.3, -0.25) is 9.69 Å².